The second kappa shape index (κ2) is 9.53. The molecule has 4 N–H and O–H groups in total. The molecule has 0 radical (unpaired) electrons. The molecule has 0 bridgehead atoms. The van der Waals surface area contributed by atoms with Gasteiger partial charge in [0.1, 0.15) is 29.2 Å². The van der Waals surface area contributed by atoms with Crippen LogP contribution in [0.3, 0.4) is 0 Å². The van der Waals surface area contributed by atoms with E-state index in [1.54, 1.807) is 18.2 Å². The minimum absolute atomic E-state index is 0.00796. The van der Waals surface area contributed by atoms with Crippen LogP contribution in [-0.4, -0.2) is 38.1 Å². The van der Waals surface area contributed by atoms with Crippen molar-refractivity contribution in [2.75, 3.05) is 0 Å². The number of hydrogen-bond donors (Lipinski definition) is 4. The Hall–Kier alpha value is -3.06. The first-order valence-corrected chi connectivity index (χ1v) is 12.5. The van der Waals surface area contributed by atoms with Gasteiger partial charge in [0.15, 0.2) is 11.5 Å². The third kappa shape index (κ3) is 5.01. The van der Waals surface area contributed by atoms with Gasteiger partial charge in [-0.05, 0) is 68.2 Å². The number of fused-ring (bicyclic) bond motifs is 1. The summed E-state index contributed by atoms with van der Waals surface area (Å²) in [5.74, 6) is 0.417. The van der Waals surface area contributed by atoms with E-state index in [0.717, 1.165) is 36.8 Å². The minimum atomic E-state index is -0.486. The fourth-order valence-corrected chi connectivity index (χ4v) is 6.16. The van der Waals surface area contributed by atoms with Gasteiger partial charge in [0.05, 0.1) is 6.10 Å². The molecule has 35 heavy (non-hydrogen) atoms. The fraction of sp³-hybridized carbons (Fsp3) is 0.500. The number of ether oxygens (including phenoxy) is 1. The highest BCUT2D eigenvalue weighted by atomic mass is 16.5. The van der Waals surface area contributed by atoms with Gasteiger partial charge in [0.25, 0.3) is 0 Å². The number of carbonyl (C=O) groups is 2. The largest absolute Gasteiger partial charge is 0.508 e. The first-order chi connectivity index (χ1) is 16.8. The van der Waals surface area contributed by atoms with Gasteiger partial charge >= 0.3 is 0 Å². The first-order valence-electron chi connectivity index (χ1n) is 12.5. The smallest absolute Gasteiger partial charge is 0.162 e. The van der Waals surface area contributed by atoms with E-state index in [1.807, 2.05) is 0 Å². The molecular weight excluding hydrogens is 448 g/mol. The zero-order valence-corrected chi connectivity index (χ0v) is 19.7. The van der Waals surface area contributed by atoms with Gasteiger partial charge in [-0.3, -0.25) is 9.59 Å². The van der Waals surface area contributed by atoms with Crippen LogP contribution in [0.4, 0.5) is 0 Å². The molecule has 2 aromatic rings. The highest BCUT2D eigenvalue weighted by Gasteiger charge is 2.39. The number of aliphatic hydroxyl groups is 1. The molecule has 5 rings (SSSR count). The number of benzene rings is 2. The monoisotopic (exact) mass is 480 g/mol. The molecule has 5 unspecified atom stereocenters. The normalized spacial score (nSPS) is 28.3. The lowest BCUT2D eigenvalue weighted by Crippen LogP contribution is -2.26. The number of aromatic hydroxyl groups is 3. The van der Waals surface area contributed by atoms with Crippen molar-refractivity contribution in [1.82, 2.24) is 0 Å². The van der Waals surface area contributed by atoms with Gasteiger partial charge in [-0.2, -0.15) is 0 Å². The van der Waals surface area contributed by atoms with Crippen LogP contribution >= 0.6 is 0 Å². The summed E-state index contributed by atoms with van der Waals surface area (Å²) in [6, 6.07) is 7.94. The predicted molar refractivity (Wildman–Crippen MR) is 127 cm³/mol. The maximum atomic E-state index is 12.3. The molecule has 0 aromatic heterocycles. The number of phenolic OH excluding ortho intramolecular Hbond substituents is 3. The summed E-state index contributed by atoms with van der Waals surface area (Å²) in [6.07, 6.45) is 4.34. The number of phenols is 3. The van der Waals surface area contributed by atoms with Crippen LogP contribution in [0.25, 0.3) is 0 Å². The van der Waals surface area contributed by atoms with Crippen molar-refractivity contribution in [3.63, 3.8) is 0 Å². The Morgan fingerprint density at radius 3 is 2.54 bits per heavy atom. The molecule has 0 heterocycles. The lowest BCUT2D eigenvalue weighted by Gasteiger charge is -2.25. The number of aliphatic hydroxyl groups excluding tert-OH is 1. The van der Waals surface area contributed by atoms with Gasteiger partial charge in [-0.25, -0.2) is 0 Å². The third-order valence-corrected chi connectivity index (χ3v) is 7.94. The molecule has 7 nitrogen and oxygen atoms in total. The molecule has 0 amide bonds. The Balaban J connectivity index is 1.41. The number of carbonyl (C=O) groups excluding carboxylic acids is 2. The van der Waals surface area contributed by atoms with Gasteiger partial charge in [0, 0.05) is 48.3 Å². The summed E-state index contributed by atoms with van der Waals surface area (Å²) in [4.78, 5) is 24.2. The lowest BCUT2D eigenvalue weighted by molar-refractivity contribution is -0.132. The van der Waals surface area contributed by atoms with Gasteiger partial charge in [-0.15, -0.1) is 0 Å². The third-order valence-electron chi connectivity index (χ3n) is 7.94. The second-order valence-corrected chi connectivity index (χ2v) is 10.5. The van der Waals surface area contributed by atoms with E-state index in [9.17, 15) is 30.0 Å². The molecule has 0 saturated heterocycles. The standard InChI is InChI=1S/C28H32O7/c29-19-3-1-15(9-19)8-18-12-22-23(13-21(31)14-26(22)34)28(18)35-27-10-16(2-5-25(27)33)7-17-11-20(30)4-6-24(17)32/h2,5,10,13-15,17-19,28-29,31,33-34H,1,3-4,6-9,11-12H2. The average Bonchev–Trinajstić information content (AvgIpc) is 3.37. The molecule has 2 saturated carbocycles. The zero-order valence-electron chi connectivity index (χ0n) is 19.7. The van der Waals surface area contributed by atoms with Crippen LogP contribution in [0.15, 0.2) is 30.3 Å². The molecule has 3 aliphatic carbocycles. The predicted octanol–water partition coefficient (Wildman–Crippen LogP) is 4.13. The van der Waals surface area contributed by atoms with Crippen molar-refractivity contribution in [2.24, 2.45) is 17.8 Å². The van der Waals surface area contributed by atoms with E-state index in [0.29, 0.717) is 30.7 Å². The summed E-state index contributed by atoms with van der Waals surface area (Å²) >= 11 is 0. The van der Waals surface area contributed by atoms with Gasteiger partial charge in [-0.1, -0.05) is 6.07 Å². The molecule has 0 spiro atoms. The second-order valence-electron chi connectivity index (χ2n) is 10.5. The Morgan fingerprint density at radius 1 is 0.943 bits per heavy atom. The number of hydrogen-bond acceptors (Lipinski definition) is 7. The van der Waals surface area contributed by atoms with Crippen LogP contribution in [0.1, 0.15) is 67.7 Å². The highest BCUT2D eigenvalue weighted by molar-refractivity contribution is 5.94. The summed E-state index contributed by atoms with van der Waals surface area (Å²) in [5.41, 5.74) is 2.24. The van der Waals surface area contributed by atoms with Crippen molar-refractivity contribution in [1.29, 1.82) is 0 Å². The van der Waals surface area contributed by atoms with Gasteiger partial charge < -0.3 is 25.2 Å². The van der Waals surface area contributed by atoms with Crippen LogP contribution < -0.4 is 4.74 Å². The van der Waals surface area contributed by atoms with Crippen molar-refractivity contribution >= 4 is 11.6 Å². The van der Waals surface area contributed by atoms with Crippen molar-refractivity contribution < 1.29 is 34.8 Å². The topological polar surface area (TPSA) is 124 Å². The van der Waals surface area contributed by atoms with Crippen LogP contribution in [0, 0.1) is 17.8 Å². The van der Waals surface area contributed by atoms with Crippen molar-refractivity contribution in [3.8, 4) is 23.0 Å². The van der Waals surface area contributed by atoms with E-state index >= 15 is 0 Å². The fourth-order valence-electron chi connectivity index (χ4n) is 6.16. The van der Waals surface area contributed by atoms with E-state index < -0.39 is 6.10 Å². The van der Waals surface area contributed by atoms with E-state index in [2.05, 4.69) is 0 Å². The Kier molecular flexibility index (Phi) is 6.45. The van der Waals surface area contributed by atoms with Crippen LogP contribution in [-0.2, 0) is 22.4 Å². The van der Waals surface area contributed by atoms with Crippen LogP contribution in [0.2, 0.25) is 0 Å². The molecule has 0 aliphatic heterocycles. The van der Waals surface area contributed by atoms with Crippen molar-refractivity contribution in [3.05, 3.63) is 47.0 Å². The number of rotatable bonds is 6. The number of Topliss-reactive ketones (excluding diaryl/α,β-unsaturated/α-hetero) is 2. The Bertz CT molecular complexity index is 1140. The zero-order chi connectivity index (χ0) is 24.7. The SMILES string of the molecule is O=C1CCC(=O)C(Cc2ccc(O)c(OC3c4cc(O)cc(O)c4CC3CC3CCC(O)C3)c2)C1. The first kappa shape index (κ1) is 23.7. The number of ketones is 2. The molecular formula is C28H32O7. The Morgan fingerprint density at radius 2 is 1.77 bits per heavy atom. The summed E-state index contributed by atoms with van der Waals surface area (Å²) < 4.78 is 6.38. The minimum Gasteiger partial charge on any atom is -0.508 e. The molecule has 7 heteroatoms. The maximum Gasteiger partial charge on any atom is 0.162 e. The molecule has 3 aliphatic rings. The Labute approximate surface area is 204 Å². The molecule has 5 atom stereocenters. The summed E-state index contributed by atoms with van der Waals surface area (Å²) in [6.45, 7) is 0. The quantitative estimate of drug-likeness (QED) is 0.490. The van der Waals surface area contributed by atoms with Crippen LogP contribution in [0.5, 0.6) is 23.0 Å². The molecule has 2 fully saturated rings. The summed E-state index contributed by atoms with van der Waals surface area (Å²) in [7, 11) is 0. The van der Waals surface area contributed by atoms with E-state index in [4.69, 9.17) is 4.74 Å². The molecule has 186 valence electrons. The lowest BCUT2D eigenvalue weighted by atomic mass is 9.83. The van der Waals surface area contributed by atoms with E-state index in [1.165, 1.54) is 12.1 Å². The summed E-state index contributed by atoms with van der Waals surface area (Å²) in [5, 5.41) is 41.2. The average molecular weight is 481 g/mol. The maximum absolute atomic E-state index is 12.3. The van der Waals surface area contributed by atoms with Gasteiger partial charge in [0.2, 0.25) is 0 Å². The van der Waals surface area contributed by atoms with E-state index in [-0.39, 0.29) is 65.3 Å². The highest BCUT2D eigenvalue weighted by Crippen LogP contribution is 2.49. The molecule has 2 aromatic carbocycles. The van der Waals surface area contributed by atoms with Crippen molar-refractivity contribution in [2.45, 2.75) is 70.0 Å².